The minimum atomic E-state index is -0.297. The van der Waals surface area contributed by atoms with Crippen LogP contribution in [-0.2, 0) is 12.8 Å². The molecule has 1 amide bonds. The van der Waals surface area contributed by atoms with E-state index in [1.807, 2.05) is 12.1 Å². The summed E-state index contributed by atoms with van der Waals surface area (Å²) in [6, 6.07) is 14.8. The lowest BCUT2D eigenvalue weighted by atomic mass is 9.84. The number of aryl methyl sites for hydroxylation is 1. The van der Waals surface area contributed by atoms with Gasteiger partial charge in [-0.15, -0.1) is 0 Å². The zero-order valence-corrected chi connectivity index (χ0v) is 11.9. The molecule has 0 atom stereocenters. The van der Waals surface area contributed by atoms with Gasteiger partial charge in [0.1, 0.15) is 0 Å². The van der Waals surface area contributed by atoms with Crippen molar-refractivity contribution in [2.24, 2.45) is 5.73 Å². The average Bonchev–Trinajstić information content (AvgIpc) is 2.50. The van der Waals surface area contributed by atoms with E-state index >= 15 is 0 Å². The molecule has 1 aliphatic carbocycles. The Morgan fingerprint density at radius 1 is 0.905 bits per heavy atom. The van der Waals surface area contributed by atoms with E-state index in [-0.39, 0.29) is 5.91 Å². The van der Waals surface area contributed by atoms with Crippen LogP contribution in [-0.4, -0.2) is 5.91 Å². The highest BCUT2D eigenvalue weighted by Crippen LogP contribution is 2.33. The van der Waals surface area contributed by atoms with Crippen LogP contribution in [0.15, 0.2) is 42.5 Å². The van der Waals surface area contributed by atoms with E-state index in [1.54, 1.807) is 0 Å². The Balaban J connectivity index is 2.16. The molecule has 0 aromatic heterocycles. The number of hydrogen-bond donors (Lipinski definition) is 1. The minimum absolute atomic E-state index is 0.297. The predicted octanol–water partition coefficient (Wildman–Crippen LogP) is 3.97. The first kappa shape index (κ1) is 12.4. The van der Waals surface area contributed by atoms with Gasteiger partial charge in [-0.2, -0.15) is 0 Å². The number of nitrogens with two attached hydrogens (primary N) is 1. The molecule has 3 aromatic rings. The van der Waals surface area contributed by atoms with Gasteiger partial charge in [0.05, 0.1) is 5.56 Å². The molecule has 0 fully saturated rings. The number of rotatable bonds is 1. The monoisotopic (exact) mass is 275 g/mol. The smallest absolute Gasteiger partial charge is 0.249 e. The molecular weight excluding hydrogens is 258 g/mol. The lowest BCUT2D eigenvalue weighted by Crippen LogP contribution is -2.17. The molecule has 3 aromatic carbocycles. The highest BCUT2D eigenvalue weighted by molar-refractivity contribution is 6.11. The number of benzene rings is 3. The van der Waals surface area contributed by atoms with E-state index in [4.69, 9.17) is 5.73 Å². The van der Waals surface area contributed by atoms with Gasteiger partial charge in [0, 0.05) is 0 Å². The summed E-state index contributed by atoms with van der Waals surface area (Å²) in [6.07, 6.45) is 4.37. The fourth-order valence-electron chi connectivity index (χ4n) is 3.60. The van der Waals surface area contributed by atoms with Crippen molar-refractivity contribution in [1.29, 1.82) is 0 Å². The molecule has 2 N–H and O–H groups in total. The maximum absolute atomic E-state index is 12.0. The van der Waals surface area contributed by atoms with Crippen LogP contribution in [0.25, 0.3) is 21.5 Å². The van der Waals surface area contributed by atoms with Gasteiger partial charge in [-0.05, 0) is 70.5 Å². The highest BCUT2D eigenvalue weighted by Gasteiger charge is 2.20. The van der Waals surface area contributed by atoms with Gasteiger partial charge in [0.2, 0.25) is 5.91 Å². The van der Waals surface area contributed by atoms with E-state index < -0.39 is 0 Å². The van der Waals surface area contributed by atoms with Crippen LogP contribution in [0.4, 0.5) is 0 Å². The van der Waals surface area contributed by atoms with Crippen LogP contribution in [0.3, 0.4) is 0 Å². The first-order valence-corrected chi connectivity index (χ1v) is 7.51. The molecule has 2 heteroatoms. The zero-order chi connectivity index (χ0) is 14.4. The summed E-state index contributed by atoms with van der Waals surface area (Å²) in [5, 5.41) is 4.49. The Hall–Kier alpha value is -2.35. The number of amides is 1. The maximum Gasteiger partial charge on any atom is 0.249 e. The van der Waals surface area contributed by atoms with Gasteiger partial charge in [-0.3, -0.25) is 4.79 Å². The van der Waals surface area contributed by atoms with Crippen molar-refractivity contribution in [3.8, 4) is 0 Å². The minimum Gasteiger partial charge on any atom is -0.366 e. The molecule has 0 radical (unpaired) electrons. The molecule has 0 heterocycles. The molecule has 0 bridgehead atoms. The van der Waals surface area contributed by atoms with Crippen molar-refractivity contribution in [3.05, 3.63) is 59.2 Å². The van der Waals surface area contributed by atoms with Crippen molar-refractivity contribution in [3.63, 3.8) is 0 Å². The van der Waals surface area contributed by atoms with Gasteiger partial charge in [0.25, 0.3) is 0 Å². The Morgan fingerprint density at radius 3 is 2.38 bits per heavy atom. The van der Waals surface area contributed by atoms with Crippen molar-refractivity contribution in [1.82, 2.24) is 0 Å². The van der Waals surface area contributed by atoms with Crippen LogP contribution < -0.4 is 5.73 Å². The number of hydrogen-bond acceptors (Lipinski definition) is 1. The molecule has 0 spiro atoms. The molecule has 104 valence electrons. The lowest BCUT2D eigenvalue weighted by molar-refractivity contribution is 0.100. The van der Waals surface area contributed by atoms with Crippen LogP contribution in [0, 0.1) is 0 Å². The summed E-state index contributed by atoms with van der Waals surface area (Å²) < 4.78 is 0. The van der Waals surface area contributed by atoms with E-state index in [0.29, 0.717) is 0 Å². The standard InChI is InChI=1S/C19H17NO/c20-19(21)18-16-8-4-3-7-14(16)10-15-9-12-5-1-2-6-13(12)11-17(15)18/h1-2,5-6,9-11H,3-4,7-8H2,(H2,20,21). The van der Waals surface area contributed by atoms with Gasteiger partial charge in [-0.1, -0.05) is 30.3 Å². The lowest BCUT2D eigenvalue weighted by Gasteiger charge is -2.20. The second kappa shape index (κ2) is 4.59. The average molecular weight is 275 g/mol. The van der Waals surface area contributed by atoms with Gasteiger partial charge in [0.15, 0.2) is 0 Å². The quantitative estimate of drug-likeness (QED) is 0.671. The van der Waals surface area contributed by atoms with Crippen LogP contribution in [0.2, 0.25) is 0 Å². The summed E-state index contributed by atoms with van der Waals surface area (Å²) in [7, 11) is 0. The van der Waals surface area contributed by atoms with Gasteiger partial charge >= 0.3 is 0 Å². The third-order valence-corrected chi connectivity index (χ3v) is 4.58. The normalized spacial score (nSPS) is 14.3. The summed E-state index contributed by atoms with van der Waals surface area (Å²) in [5.41, 5.74) is 8.93. The van der Waals surface area contributed by atoms with E-state index in [2.05, 4.69) is 30.3 Å². The predicted molar refractivity (Wildman–Crippen MR) is 86.6 cm³/mol. The Bertz CT molecular complexity index is 879. The van der Waals surface area contributed by atoms with Gasteiger partial charge in [-0.25, -0.2) is 0 Å². The summed E-state index contributed by atoms with van der Waals surface area (Å²) >= 11 is 0. The first-order valence-electron chi connectivity index (χ1n) is 7.51. The number of primary amides is 1. The molecule has 0 saturated heterocycles. The van der Waals surface area contributed by atoms with Crippen molar-refractivity contribution >= 4 is 27.5 Å². The summed E-state index contributed by atoms with van der Waals surface area (Å²) in [5.74, 6) is -0.297. The third kappa shape index (κ3) is 1.90. The first-order chi connectivity index (χ1) is 10.2. The topological polar surface area (TPSA) is 43.1 Å². The van der Waals surface area contributed by atoms with E-state index in [1.165, 1.54) is 22.9 Å². The molecule has 0 aliphatic heterocycles. The Kier molecular flexibility index (Phi) is 2.71. The molecular formula is C19H17NO. The third-order valence-electron chi connectivity index (χ3n) is 4.58. The molecule has 0 unspecified atom stereocenters. The second-order valence-corrected chi connectivity index (χ2v) is 5.88. The Morgan fingerprint density at radius 2 is 1.62 bits per heavy atom. The van der Waals surface area contributed by atoms with Crippen molar-refractivity contribution < 1.29 is 4.79 Å². The van der Waals surface area contributed by atoms with Gasteiger partial charge < -0.3 is 5.73 Å². The van der Waals surface area contributed by atoms with E-state index in [0.717, 1.165) is 41.0 Å². The van der Waals surface area contributed by atoms with Crippen LogP contribution in [0.5, 0.6) is 0 Å². The molecule has 1 aliphatic rings. The molecule has 4 rings (SSSR count). The van der Waals surface area contributed by atoms with Crippen molar-refractivity contribution in [2.45, 2.75) is 25.7 Å². The number of fused-ring (bicyclic) bond motifs is 3. The summed E-state index contributed by atoms with van der Waals surface area (Å²) in [4.78, 5) is 12.0. The highest BCUT2D eigenvalue weighted by atomic mass is 16.1. The second-order valence-electron chi connectivity index (χ2n) is 5.88. The summed E-state index contributed by atoms with van der Waals surface area (Å²) in [6.45, 7) is 0. The molecule has 0 saturated carbocycles. The van der Waals surface area contributed by atoms with Crippen LogP contribution >= 0.6 is 0 Å². The number of carbonyl (C=O) groups is 1. The SMILES string of the molecule is NC(=O)c1c2c(cc3cc4ccccc4cc13)CCCC2. The molecule has 2 nitrogen and oxygen atoms in total. The number of carbonyl (C=O) groups excluding carboxylic acids is 1. The van der Waals surface area contributed by atoms with Crippen LogP contribution in [0.1, 0.15) is 34.3 Å². The fourth-order valence-corrected chi connectivity index (χ4v) is 3.60. The molecule has 21 heavy (non-hydrogen) atoms. The largest absolute Gasteiger partial charge is 0.366 e. The zero-order valence-electron chi connectivity index (χ0n) is 11.9. The van der Waals surface area contributed by atoms with E-state index in [9.17, 15) is 4.79 Å². The van der Waals surface area contributed by atoms with Crippen molar-refractivity contribution in [2.75, 3.05) is 0 Å². The maximum atomic E-state index is 12.0. The fraction of sp³-hybridized carbons (Fsp3) is 0.211. The Labute approximate surface area is 123 Å².